The van der Waals surface area contributed by atoms with Crippen LogP contribution in [0.2, 0.25) is 10.0 Å². The maximum absolute atomic E-state index is 6.00. The van der Waals surface area contributed by atoms with Gasteiger partial charge in [-0.2, -0.15) is 4.98 Å². The van der Waals surface area contributed by atoms with Crippen molar-refractivity contribution in [1.82, 2.24) is 10.1 Å². The van der Waals surface area contributed by atoms with E-state index in [-0.39, 0.29) is 6.61 Å². The molecule has 3 aromatic rings. The Kier molecular flexibility index (Phi) is 3.91. The van der Waals surface area contributed by atoms with Crippen molar-refractivity contribution in [1.29, 1.82) is 0 Å². The van der Waals surface area contributed by atoms with Crippen LogP contribution in [0.4, 0.5) is 0 Å². The largest absolute Gasteiger partial charge is 0.482 e. The molecular formula is C13H8Cl2N2O2S. The van der Waals surface area contributed by atoms with E-state index in [0.717, 1.165) is 4.88 Å². The maximum Gasteiger partial charge on any atom is 0.264 e. The molecule has 0 aliphatic rings. The molecule has 20 heavy (non-hydrogen) atoms. The molecule has 0 bridgehead atoms. The number of hydrogen-bond acceptors (Lipinski definition) is 5. The smallest absolute Gasteiger partial charge is 0.264 e. The van der Waals surface area contributed by atoms with Crippen LogP contribution in [0.25, 0.3) is 10.7 Å². The molecule has 0 radical (unpaired) electrons. The molecule has 0 unspecified atom stereocenters. The van der Waals surface area contributed by atoms with Gasteiger partial charge in [0.05, 0.1) is 9.90 Å². The van der Waals surface area contributed by atoms with Gasteiger partial charge in [0.2, 0.25) is 5.82 Å². The van der Waals surface area contributed by atoms with E-state index in [1.54, 1.807) is 29.5 Å². The van der Waals surface area contributed by atoms with Crippen molar-refractivity contribution in [3.63, 3.8) is 0 Å². The number of rotatable bonds is 4. The highest BCUT2D eigenvalue weighted by Gasteiger charge is 2.11. The minimum Gasteiger partial charge on any atom is -0.482 e. The molecule has 0 saturated heterocycles. The van der Waals surface area contributed by atoms with E-state index in [1.807, 2.05) is 17.5 Å². The average Bonchev–Trinajstić information content (AvgIpc) is 3.09. The fourth-order valence-electron chi connectivity index (χ4n) is 1.55. The Morgan fingerprint density at radius 3 is 2.95 bits per heavy atom. The average molecular weight is 327 g/mol. The Morgan fingerprint density at radius 1 is 1.25 bits per heavy atom. The number of benzene rings is 1. The second-order valence-electron chi connectivity index (χ2n) is 3.85. The molecule has 102 valence electrons. The lowest BCUT2D eigenvalue weighted by molar-refractivity contribution is 0.243. The van der Waals surface area contributed by atoms with Gasteiger partial charge in [0.15, 0.2) is 6.61 Å². The molecule has 3 rings (SSSR count). The normalized spacial score (nSPS) is 10.7. The number of hydrogen-bond donors (Lipinski definition) is 0. The summed E-state index contributed by atoms with van der Waals surface area (Å²) in [4.78, 5) is 5.20. The van der Waals surface area contributed by atoms with Crippen LogP contribution in [-0.4, -0.2) is 10.1 Å². The second-order valence-corrected chi connectivity index (χ2v) is 5.64. The summed E-state index contributed by atoms with van der Waals surface area (Å²) >= 11 is 13.4. The zero-order valence-electron chi connectivity index (χ0n) is 10.0. The van der Waals surface area contributed by atoms with Crippen LogP contribution in [0.15, 0.2) is 40.2 Å². The second kappa shape index (κ2) is 5.83. The number of nitrogens with zero attached hydrogens (tertiary/aromatic N) is 2. The quantitative estimate of drug-likeness (QED) is 0.698. The Labute approximate surface area is 128 Å². The van der Waals surface area contributed by atoms with Gasteiger partial charge in [0, 0.05) is 11.1 Å². The van der Waals surface area contributed by atoms with Crippen molar-refractivity contribution >= 4 is 34.5 Å². The van der Waals surface area contributed by atoms with E-state index < -0.39 is 0 Å². The van der Waals surface area contributed by atoms with Crippen molar-refractivity contribution in [2.24, 2.45) is 0 Å². The molecule has 0 aliphatic heterocycles. The van der Waals surface area contributed by atoms with Gasteiger partial charge in [-0.05, 0) is 23.6 Å². The van der Waals surface area contributed by atoms with E-state index in [2.05, 4.69) is 10.1 Å². The third-order valence-corrected chi connectivity index (χ3v) is 3.87. The highest BCUT2D eigenvalue weighted by Crippen LogP contribution is 2.28. The summed E-state index contributed by atoms with van der Waals surface area (Å²) in [5.41, 5.74) is 0. The van der Waals surface area contributed by atoms with Gasteiger partial charge in [0.1, 0.15) is 5.75 Å². The first kappa shape index (κ1) is 13.4. The van der Waals surface area contributed by atoms with Gasteiger partial charge >= 0.3 is 0 Å². The van der Waals surface area contributed by atoms with Crippen LogP contribution in [0.3, 0.4) is 0 Å². The molecular weight excluding hydrogens is 319 g/mol. The summed E-state index contributed by atoms with van der Waals surface area (Å²) in [7, 11) is 0. The zero-order chi connectivity index (χ0) is 13.9. The topological polar surface area (TPSA) is 48.2 Å². The first-order valence-corrected chi connectivity index (χ1v) is 7.30. The van der Waals surface area contributed by atoms with Gasteiger partial charge in [0.25, 0.3) is 5.89 Å². The lowest BCUT2D eigenvalue weighted by Gasteiger charge is -2.05. The fraction of sp³-hybridized carbons (Fsp3) is 0.0769. The van der Waals surface area contributed by atoms with Crippen LogP contribution in [0.1, 0.15) is 5.89 Å². The predicted octanol–water partition coefficient (Wildman–Crippen LogP) is 4.68. The Bertz CT molecular complexity index is 713. The third kappa shape index (κ3) is 2.95. The first-order chi connectivity index (χ1) is 9.72. The molecule has 0 amide bonds. The number of thiophene rings is 1. The van der Waals surface area contributed by atoms with E-state index in [1.165, 1.54) is 0 Å². The van der Waals surface area contributed by atoms with Crippen molar-refractivity contribution < 1.29 is 9.26 Å². The van der Waals surface area contributed by atoms with Crippen molar-refractivity contribution in [2.75, 3.05) is 0 Å². The van der Waals surface area contributed by atoms with E-state index in [4.69, 9.17) is 32.5 Å². The van der Waals surface area contributed by atoms with Gasteiger partial charge in [-0.3, -0.25) is 0 Å². The van der Waals surface area contributed by atoms with E-state index >= 15 is 0 Å². The molecule has 2 aromatic heterocycles. The first-order valence-electron chi connectivity index (χ1n) is 5.67. The number of ether oxygens (including phenoxy) is 1. The van der Waals surface area contributed by atoms with Gasteiger partial charge < -0.3 is 9.26 Å². The van der Waals surface area contributed by atoms with Gasteiger partial charge in [-0.25, -0.2) is 0 Å². The van der Waals surface area contributed by atoms with Crippen LogP contribution < -0.4 is 4.74 Å². The molecule has 0 fully saturated rings. The molecule has 0 atom stereocenters. The molecule has 2 heterocycles. The minimum atomic E-state index is 0.137. The molecule has 4 nitrogen and oxygen atoms in total. The lowest BCUT2D eigenvalue weighted by atomic mass is 10.3. The maximum atomic E-state index is 6.00. The van der Waals surface area contributed by atoms with Crippen LogP contribution >= 0.6 is 34.5 Å². The SMILES string of the molecule is Clc1ccc(Cl)c(OCc2nc(-c3cccs3)no2)c1. The Hall–Kier alpha value is -1.56. The number of aromatic nitrogens is 2. The van der Waals surface area contributed by atoms with Crippen molar-refractivity contribution in [3.05, 3.63) is 51.6 Å². The molecule has 1 aromatic carbocycles. The zero-order valence-corrected chi connectivity index (χ0v) is 12.4. The summed E-state index contributed by atoms with van der Waals surface area (Å²) in [6.45, 7) is 0.137. The fourth-order valence-corrected chi connectivity index (χ4v) is 2.53. The van der Waals surface area contributed by atoms with E-state index in [0.29, 0.717) is 27.5 Å². The van der Waals surface area contributed by atoms with Gasteiger partial charge in [-0.1, -0.05) is 34.4 Å². The predicted molar refractivity (Wildman–Crippen MR) is 78.4 cm³/mol. The standard InChI is InChI=1S/C13H8Cl2N2O2S/c14-8-3-4-9(15)10(6-8)18-7-12-16-13(17-19-12)11-2-1-5-20-11/h1-6H,7H2. The summed E-state index contributed by atoms with van der Waals surface area (Å²) in [5, 5.41) is 6.88. The van der Waals surface area contributed by atoms with Crippen LogP contribution in [0, 0.1) is 0 Å². The van der Waals surface area contributed by atoms with Crippen molar-refractivity contribution in [3.8, 4) is 16.5 Å². The van der Waals surface area contributed by atoms with E-state index in [9.17, 15) is 0 Å². The number of halogens is 2. The van der Waals surface area contributed by atoms with Crippen molar-refractivity contribution in [2.45, 2.75) is 6.61 Å². The Balaban J connectivity index is 1.71. The van der Waals surface area contributed by atoms with Crippen LogP contribution in [-0.2, 0) is 6.61 Å². The van der Waals surface area contributed by atoms with Crippen LogP contribution in [0.5, 0.6) is 5.75 Å². The summed E-state index contributed by atoms with van der Waals surface area (Å²) in [6.07, 6.45) is 0. The molecule has 0 saturated carbocycles. The monoisotopic (exact) mass is 326 g/mol. The Morgan fingerprint density at radius 2 is 2.15 bits per heavy atom. The molecule has 0 spiro atoms. The molecule has 0 N–H and O–H groups in total. The summed E-state index contributed by atoms with van der Waals surface area (Å²) in [6, 6.07) is 8.86. The third-order valence-electron chi connectivity index (χ3n) is 2.45. The summed E-state index contributed by atoms with van der Waals surface area (Å²) < 4.78 is 10.6. The minimum absolute atomic E-state index is 0.137. The lowest BCUT2D eigenvalue weighted by Crippen LogP contribution is -1.96. The van der Waals surface area contributed by atoms with Gasteiger partial charge in [-0.15, -0.1) is 11.3 Å². The summed E-state index contributed by atoms with van der Waals surface area (Å²) in [5.74, 6) is 1.41. The highest BCUT2D eigenvalue weighted by atomic mass is 35.5. The molecule has 0 aliphatic carbocycles. The molecule has 7 heteroatoms. The highest BCUT2D eigenvalue weighted by molar-refractivity contribution is 7.13.